The standard InChI is InChI=1S/C16H20F4O/c1-10(2)11-5-7-15(21,8-6-11)12-3-4-14(17)13(9-12)16(18,19)20/h3-4,9-11,21H,5-8H2,1-2H3. The lowest BCUT2D eigenvalue weighted by Gasteiger charge is -2.38. The molecule has 0 amide bonds. The largest absolute Gasteiger partial charge is 0.419 e. The highest BCUT2D eigenvalue weighted by molar-refractivity contribution is 5.31. The maximum Gasteiger partial charge on any atom is 0.419 e. The van der Waals surface area contributed by atoms with Gasteiger partial charge in [-0.15, -0.1) is 0 Å². The molecule has 5 heteroatoms. The second-order valence-electron chi connectivity index (χ2n) is 6.31. The third-order valence-electron chi connectivity index (χ3n) is 4.61. The fourth-order valence-electron chi connectivity index (χ4n) is 3.11. The van der Waals surface area contributed by atoms with Crippen molar-refractivity contribution < 1.29 is 22.7 Å². The van der Waals surface area contributed by atoms with Crippen molar-refractivity contribution in [2.75, 3.05) is 0 Å². The van der Waals surface area contributed by atoms with E-state index in [2.05, 4.69) is 13.8 Å². The van der Waals surface area contributed by atoms with Crippen LogP contribution in [0.1, 0.15) is 50.7 Å². The number of alkyl halides is 3. The summed E-state index contributed by atoms with van der Waals surface area (Å²) in [6, 6.07) is 2.82. The number of rotatable bonds is 2. The first-order chi connectivity index (χ1) is 9.63. The molecule has 21 heavy (non-hydrogen) atoms. The third kappa shape index (κ3) is 3.39. The van der Waals surface area contributed by atoms with E-state index in [-0.39, 0.29) is 5.56 Å². The first-order valence-corrected chi connectivity index (χ1v) is 7.23. The highest BCUT2D eigenvalue weighted by Crippen LogP contribution is 2.43. The van der Waals surface area contributed by atoms with E-state index in [1.807, 2.05) is 0 Å². The Balaban J connectivity index is 2.26. The van der Waals surface area contributed by atoms with Crippen LogP contribution < -0.4 is 0 Å². The van der Waals surface area contributed by atoms with Crippen LogP contribution >= 0.6 is 0 Å². The van der Waals surface area contributed by atoms with Crippen LogP contribution in [0.3, 0.4) is 0 Å². The molecule has 0 atom stereocenters. The Morgan fingerprint density at radius 2 is 1.76 bits per heavy atom. The summed E-state index contributed by atoms with van der Waals surface area (Å²) in [4.78, 5) is 0. The van der Waals surface area contributed by atoms with Crippen LogP contribution in [0.2, 0.25) is 0 Å². The molecule has 0 saturated heterocycles. The Labute approximate surface area is 122 Å². The predicted molar refractivity (Wildman–Crippen MR) is 72.1 cm³/mol. The van der Waals surface area contributed by atoms with Gasteiger partial charge in [-0.2, -0.15) is 13.2 Å². The van der Waals surface area contributed by atoms with Crippen molar-refractivity contribution in [2.45, 2.75) is 51.3 Å². The molecule has 1 saturated carbocycles. The van der Waals surface area contributed by atoms with E-state index in [0.717, 1.165) is 25.0 Å². The molecule has 1 aliphatic rings. The molecule has 0 radical (unpaired) electrons. The summed E-state index contributed by atoms with van der Waals surface area (Å²) < 4.78 is 51.6. The van der Waals surface area contributed by atoms with Crippen LogP contribution in [-0.4, -0.2) is 5.11 Å². The average molecular weight is 304 g/mol. The zero-order chi connectivity index (χ0) is 15.8. The van der Waals surface area contributed by atoms with Gasteiger partial charge in [-0.05, 0) is 55.2 Å². The fraction of sp³-hybridized carbons (Fsp3) is 0.625. The Kier molecular flexibility index (Phi) is 4.34. The molecule has 0 aliphatic heterocycles. The first kappa shape index (κ1) is 16.3. The molecule has 118 valence electrons. The molecule has 1 nitrogen and oxygen atoms in total. The first-order valence-electron chi connectivity index (χ1n) is 7.23. The van der Waals surface area contributed by atoms with Crippen LogP contribution in [-0.2, 0) is 11.8 Å². The van der Waals surface area contributed by atoms with Gasteiger partial charge in [0.25, 0.3) is 0 Å². The van der Waals surface area contributed by atoms with E-state index in [0.29, 0.717) is 24.7 Å². The van der Waals surface area contributed by atoms with Gasteiger partial charge in [-0.25, -0.2) is 4.39 Å². The minimum Gasteiger partial charge on any atom is -0.385 e. The summed E-state index contributed by atoms with van der Waals surface area (Å²) in [6.07, 6.45) is -2.37. The monoisotopic (exact) mass is 304 g/mol. The lowest BCUT2D eigenvalue weighted by Crippen LogP contribution is -2.33. The van der Waals surface area contributed by atoms with Crippen molar-refractivity contribution in [3.8, 4) is 0 Å². The van der Waals surface area contributed by atoms with Gasteiger partial charge in [-0.3, -0.25) is 0 Å². The van der Waals surface area contributed by atoms with Crippen LogP contribution in [0.5, 0.6) is 0 Å². The number of hydrogen-bond acceptors (Lipinski definition) is 1. The molecule has 0 spiro atoms. The van der Waals surface area contributed by atoms with Gasteiger partial charge in [-0.1, -0.05) is 19.9 Å². The molecule has 0 aromatic heterocycles. The number of hydrogen-bond donors (Lipinski definition) is 1. The Morgan fingerprint density at radius 1 is 1.19 bits per heavy atom. The maximum atomic E-state index is 13.3. The number of benzene rings is 1. The molecule has 0 heterocycles. The Hall–Kier alpha value is -1.10. The fourth-order valence-corrected chi connectivity index (χ4v) is 3.11. The zero-order valence-corrected chi connectivity index (χ0v) is 12.2. The van der Waals surface area contributed by atoms with Crippen molar-refractivity contribution in [1.29, 1.82) is 0 Å². The van der Waals surface area contributed by atoms with Gasteiger partial charge in [0.15, 0.2) is 0 Å². The zero-order valence-electron chi connectivity index (χ0n) is 12.2. The summed E-state index contributed by atoms with van der Waals surface area (Å²) >= 11 is 0. The normalized spacial score (nSPS) is 27.1. The van der Waals surface area contributed by atoms with Crippen LogP contribution in [0, 0.1) is 17.7 Å². The Morgan fingerprint density at radius 3 is 2.24 bits per heavy atom. The molecule has 1 aromatic carbocycles. The van der Waals surface area contributed by atoms with Crippen molar-refractivity contribution in [1.82, 2.24) is 0 Å². The molecular formula is C16H20F4O. The topological polar surface area (TPSA) is 20.2 Å². The van der Waals surface area contributed by atoms with Gasteiger partial charge in [0.05, 0.1) is 11.2 Å². The van der Waals surface area contributed by atoms with Gasteiger partial charge >= 0.3 is 6.18 Å². The number of aliphatic hydroxyl groups is 1. The lowest BCUT2D eigenvalue weighted by molar-refractivity contribution is -0.140. The van der Waals surface area contributed by atoms with E-state index in [1.165, 1.54) is 6.07 Å². The van der Waals surface area contributed by atoms with Gasteiger partial charge in [0.1, 0.15) is 5.82 Å². The van der Waals surface area contributed by atoms with E-state index in [4.69, 9.17) is 0 Å². The van der Waals surface area contributed by atoms with E-state index in [1.54, 1.807) is 0 Å². The third-order valence-corrected chi connectivity index (χ3v) is 4.61. The van der Waals surface area contributed by atoms with Gasteiger partial charge in [0, 0.05) is 0 Å². The smallest absolute Gasteiger partial charge is 0.385 e. The van der Waals surface area contributed by atoms with E-state index < -0.39 is 23.2 Å². The van der Waals surface area contributed by atoms with Crippen molar-refractivity contribution in [3.05, 3.63) is 35.1 Å². The molecule has 0 unspecified atom stereocenters. The van der Waals surface area contributed by atoms with Crippen LogP contribution in [0.15, 0.2) is 18.2 Å². The molecule has 1 fully saturated rings. The van der Waals surface area contributed by atoms with E-state index >= 15 is 0 Å². The Bertz CT molecular complexity index is 499. The van der Waals surface area contributed by atoms with Gasteiger partial charge in [0.2, 0.25) is 0 Å². The molecular weight excluding hydrogens is 284 g/mol. The minimum atomic E-state index is -4.74. The highest BCUT2D eigenvalue weighted by Gasteiger charge is 2.39. The van der Waals surface area contributed by atoms with Crippen LogP contribution in [0.4, 0.5) is 17.6 Å². The maximum absolute atomic E-state index is 13.3. The summed E-state index contributed by atoms with van der Waals surface area (Å²) in [5, 5.41) is 10.6. The molecule has 1 N–H and O–H groups in total. The SMILES string of the molecule is CC(C)C1CCC(O)(c2ccc(F)c(C(F)(F)F)c2)CC1. The molecule has 1 aliphatic carbocycles. The van der Waals surface area contributed by atoms with Crippen molar-refractivity contribution >= 4 is 0 Å². The van der Waals surface area contributed by atoms with Crippen molar-refractivity contribution in [2.24, 2.45) is 11.8 Å². The quantitative estimate of drug-likeness (QED) is 0.772. The molecule has 0 bridgehead atoms. The summed E-state index contributed by atoms with van der Waals surface area (Å²) in [5.74, 6) is -0.327. The average Bonchev–Trinajstić information content (AvgIpc) is 2.38. The van der Waals surface area contributed by atoms with Crippen LogP contribution in [0.25, 0.3) is 0 Å². The summed E-state index contributed by atoms with van der Waals surface area (Å²) in [6.45, 7) is 4.21. The van der Waals surface area contributed by atoms with Gasteiger partial charge < -0.3 is 5.11 Å². The van der Waals surface area contributed by atoms with Crippen molar-refractivity contribution in [3.63, 3.8) is 0 Å². The molecule has 1 aromatic rings. The lowest BCUT2D eigenvalue weighted by atomic mass is 9.72. The van der Waals surface area contributed by atoms with E-state index in [9.17, 15) is 22.7 Å². The summed E-state index contributed by atoms with van der Waals surface area (Å²) in [5.41, 5.74) is -2.42. The second-order valence-corrected chi connectivity index (χ2v) is 6.31. The molecule has 2 rings (SSSR count). The second kappa shape index (κ2) is 5.59. The predicted octanol–water partition coefficient (Wildman–Crippen LogP) is 4.88. The highest BCUT2D eigenvalue weighted by atomic mass is 19.4. The summed E-state index contributed by atoms with van der Waals surface area (Å²) in [7, 11) is 0. The number of halogens is 4. The minimum absolute atomic E-state index is 0.165.